The van der Waals surface area contributed by atoms with Gasteiger partial charge in [0.25, 0.3) is 0 Å². The second-order valence-corrected chi connectivity index (χ2v) is 6.10. The smallest absolute Gasteiger partial charge is 0.187 e. The second kappa shape index (κ2) is 4.34. The van der Waals surface area contributed by atoms with Gasteiger partial charge in [0.1, 0.15) is 0 Å². The predicted octanol–water partition coefficient (Wildman–Crippen LogP) is 2.16. The molecule has 0 saturated carbocycles. The number of nitrogens with one attached hydrogen (secondary N) is 1. The molecule has 0 aromatic carbocycles. The van der Waals surface area contributed by atoms with Crippen molar-refractivity contribution in [2.45, 2.75) is 55.1 Å². The van der Waals surface area contributed by atoms with Crippen LogP contribution in [0.25, 0.3) is 0 Å². The maximum atomic E-state index is 4.47. The number of hydrogen-bond acceptors (Lipinski definition) is 4. The van der Waals surface area contributed by atoms with Crippen molar-refractivity contribution in [3.8, 4) is 0 Å². The van der Waals surface area contributed by atoms with Crippen molar-refractivity contribution in [1.82, 2.24) is 15.3 Å². The van der Waals surface area contributed by atoms with E-state index in [4.69, 9.17) is 0 Å². The first-order valence-corrected chi connectivity index (χ1v) is 6.90. The molecule has 2 bridgehead atoms. The van der Waals surface area contributed by atoms with E-state index in [1.807, 2.05) is 30.9 Å². The molecule has 3 heterocycles. The normalized spacial score (nSPS) is 32.9. The average Bonchev–Trinajstić information content (AvgIpc) is 2.58. The summed E-state index contributed by atoms with van der Waals surface area (Å²) in [6.45, 7) is 2.03. The van der Waals surface area contributed by atoms with Crippen LogP contribution >= 0.6 is 11.8 Å². The first-order valence-electron chi connectivity index (χ1n) is 6.02. The molecular weight excluding hydrogens is 218 g/mol. The molecule has 2 fully saturated rings. The molecule has 1 N–H and O–H groups in total. The summed E-state index contributed by atoms with van der Waals surface area (Å²) in [7, 11) is 0. The van der Waals surface area contributed by atoms with Crippen LogP contribution in [0.15, 0.2) is 17.4 Å². The van der Waals surface area contributed by atoms with Gasteiger partial charge in [-0.15, -0.1) is 0 Å². The van der Waals surface area contributed by atoms with E-state index in [0.717, 1.165) is 22.9 Å². The van der Waals surface area contributed by atoms with Crippen LogP contribution in [0.1, 0.15) is 31.4 Å². The monoisotopic (exact) mass is 235 g/mol. The van der Waals surface area contributed by atoms with Crippen molar-refractivity contribution in [1.29, 1.82) is 0 Å². The Hall–Kier alpha value is -0.610. The minimum absolute atomic E-state index is 0.709. The highest BCUT2D eigenvalue weighted by molar-refractivity contribution is 7.99. The number of hydrogen-bond donors (Lipinski definition) is 1. The fourth-order valence-corrected chi connectivity index (χ4v) is 4.01. The summed E-state index contributed by atoms with van der Waals surface area (Å²) in [5.41, 5.74) is 1.06. The van der Waals surface area contributed by atoms with Gasteiger partial charge in [-0.3, -0.25) is 0 Å². The molecule has 1 aromatic heterocycles. The number of nitrogens with zero attached hydrogens (tertiary/aromatic N) is 2. The summed E-state index contributed by atoms with van der Waals surface area (Å²) in [5.74, 6) is 0. The molecule has 0 amide bonds. The topological polar surface area (TPSA) is 37.8 Å². The zero-order valence-electron chi connectivity index (χ0n) is 9.52. The van der Waals surface area contributed by atoms with Crippen LogP contribution in [0.5, 0.6) is 0 Å². The lowest BCUT2D eigenvalue weighted by Gasteiger charge is -2.27. The zero-order chi connectivity index (χ0) is 11.0. The Labute approximate surface area is 100 Å². The van der Waals surface area contributed by atoms with Gasteiger partial charge in [0.2, 0.25) is 0 Å². The molecule has 0 unspecified atom stereocenters. The van der Waals surface area contributed by atoms with Crippen molar-refractivity contribution in [2.75, 3.05) is 0 Å². The van der Waals surface area contributed by atoms with Crippen molar-refractivity contribution in [3.63, 3.8) is 0 Å². The summed E-state index contributed by atoms with van der Waals surface area (Å²) in [4.78, 5) is 8.80. The Kier molecular flexibility index (Phi) is 2.86. The van der Waals surface area contributed by atoms with E-state index in [1.165, 1.54) is 25.7 Å². The van der Waals surface area contributed by atoms with Gasteiger partial charge in [-0.1, -0.05) is 11.8 Å². The van der Waals surface area contributed by atoms with Gasteiger partial charge >= 0.3 is 0 Å². The largest absolute Gasteiger partial charge is 0.311 e. The zero-order valence-corrected chi connectivity index (χ0v) is 10.3. The van der Waals surface area contributed by atoms with Gasteiger partial charge in [0, 0.05) is 29.2 Å². The van der Waals surface area contributed by atoms with Crippen molar-refractivity contribution in [2.24, 2.45) is 0 Å². The van der Waals surface area contributed by atoms with Crippen LogP contribution < -0.4 is 5.32 Å². The number of thioether (sulfide) groups is 1. The van der Waals surface area contributed by atoms with Crippen LogP contribution in [-0.2, 0) is 0 Å². The van der Waals surface area contributed by atoms with Gasteiger partial charge in [-0.2, -0.15) is 0 Å². The number of aryl methyl sites for hydroxylation is 1. The molecule has 0 radical (unpaired) electrons. The van der Waals surface area contributed by atoms with Gasteiger partial charge in [-0.25, -0.2) is 9.97 Å². The van der Waals surface area contributed by atoms with E-state index < -0.39 is 0 Å². The highest BCUT2D eigenvalue weighted by Crippen LogP contribution is 2.35. The van der Waals surface area contributed by atoms with Crippen molar-refractivity contribution in [3.05, 3.63) is 18.0 Å². The first-order chi connectivity index (χ1) is 7.79. The minimum atomic E-state index is 0.709. The molecule has 1 aromatic rings. The third kappa shape index (κ3) is 2.23. The van der Waals surface area contributed by atoms with Gasteiger partial charge in [0.05, 0.1) is 0 Å². The number of aromatic nitrogens is 2. The molecule has 16 heavy (non-hydrogen) atoms. The lowest BCUT2D eigenvalue weighted by molar-refractivity contribution is 0.414. The van der Waals surface area contributed by atoms with Gasteiger partial charge < -0.3 is 5.32 Å². The summed E-state index contributed by atoms with van der Waals surface area (Å²) < 4.78 is 0. The maximum Gasteiger partial charge on any atom is 0.187 e. The van der Waals surface area contributed by atoms with E-state index in [9.17, 15) is 0 Å². The Morgan fingerprint density at radius 1 is 1.31 bits per heavy atom. The number of fused-ring (bicyclic) bond motifs is 2. The fourth-order valence-electron chi connectivity index (χ4n) is 2.73. The van der Waals surface area contributed by atoms with E-state index in [2.05, 4.69) is 15.3 Å². The quantitative estimate of drug-likeness (QED) is 0.797. The van der Waals surface area contributed by atoms with Crippen molar-refractivity contribution < 1.29 is 0 Å². The summed E-state index contributed by atoms with van der Waals surface area (Å²) >= 11 is 1.86. The van der Waals surface area contributed by atoms with E-state index in [-0.39, 0.29) is 0 Å². The number of rotatable bonds is 2. The highest BCUT2D eigenvalue weighted by Gasteiger charge is 2.34. The summed E-state index contributed by atoms with van der Waals surface area (Å²) in [6, 6.07) is 3.46. The molecule has 86 valence electrons. The second-order valence-electron chi connectivity index (χ2n) is 4.83. The third-order valence-corrected chi connectivity index (χ3v) is 4.60. The maximum absolute atomic E-state index is 4.47. The van der Waals surface area contributed by atoms with Crippen LogP contribution in [0.3, 0.4) is 0 Å². The SMILES string of the molecule is Cc1ccnc(SC2C[C@@H]3CC[C@@H](C2)N3)n1. The lowest BCUT2D eigenvalue weighted by atomic mass is 10.1. The number of piperidine rings is 1. The van der Waals surface area contributed by atoms with Gasteiger partial charge in [0.15, 0.2) is 5.16 Å². The van der Waals surface area contributed by atoms with Crippen LogP contribution in [0, 0.1) is 6.92 Å². The Morgan fingerprint density at radius 2 is 2.06 bits per heavy atom. The summed E-state index contributed by atoms with van der Waals surface area (Å²) in [5, 5.41) is 5.32. The first kappa shape index (κ1) is 10.5. The highest BCUT2D eigenvalue weighted by atomic mass is 32.2. The van der Waals surface area contributed by atoms with Crippen LogP contribution in [-0.4, -0.2) is 27.3 Å². The molecule has 2 saturated heterocycles. The van der Waals surface area contributed by atoms with Crippen molar-refractivity contribution >= 4 is 11.8 Å². The van der Waals surface area contributed by atoms with Gasteiger partial charge in [-0.05, 0) is 38.7 Å². The Balaban J connectivity index is 1.67. The third-order valence-electron chi connectivity index (χ3n) is 3.47. The molecule has 3 rings (SSSR count). The molecule has 2 aliphatic rings. The lowest BCUT2D eigenvalue weighted by Crippen LogP contribution is -2.39. The molecule has 2 aliphatic heterocycles. The molecule has 2 atom stereocenters. The molecule has 0 aliphatic carbocycles. The van der Waals surface area contributed by atoms with E-state index >= 15 is 0 Å². The standard InChI is InChI=1S/C12H17N3S/c1-8-4-5-13-12(14-8)16-11-6-9-2-3-10(7-11)15-9/h4-5,9-11,15H,2-3,6-7H2,1H3/t9-,10-/m0/s1. The minimum Gasteiger partial charge on any atom is -0.311 e. The summed E-state index contributed by atoms with van der Waals surface area (Å²) in [6.07, 6.45) is 7.13. The van der Waals surface area contributed by atoms with Crippen LogP contribution in [0.4, 0.5) is 0 Å². The van der Waals surface area contributed by atoms with Crippen LogP contribution in [0.2, 0.25) is 0 Å². The Morgan fingerprint density at radius 3 is 2.75 bits per heavy atom. The van der Waals surface area contributed by atoms with E-state index in [0.29, 0.717) is 5.25 Å². The van der Waals surface area contributed by atoms with E-state index in [1.54, 1.807) is 0 Å². The molecular formula is C12H17N3S. The predicted molar refractivity (Wildman–Crippen MR) is 65.6 cm³/mol. The molecule has 0 spiro atoms. The molecule has 4 heteroatoms. The fraction of sp³-hybridized carbons (Fsp3) is 0.667. The average molecular weight is 235 g/mol. The Bertz CT molecular complexity index is 370. The molecule has 3 nitrogen and oxygen atoms in total.